The van der Waals surface area contributed by atoms with Gasteiger partial charge in [0.2, 0.25) is 0 Å². The second kappa shape index (κ2) is 7.41. The van der Waals surface area contributed by atoms with E-state index in [1.807, 2.05) is 0 Å². The van der Waals surface area contributed by atoms with E-state index in [1.165, 1.54) is 24.3 Å². The lowest BCUT2D eigenvalue weighted by atomic mass is 10.2. The maximum atomic E-state index is 11.9. The Balaban J connectivity index is 1.92. The zero-order chi connectivity index (χ0) is 16.8. The van der Waals surface area contributed by atoms with E-state index in [2.05, 4.69) is 32.1 Å². The third-order valence-electron chi connectivity index (χ3n) is 2.81. The van der Waals surface area contributed by atoms with Crippen molar-refractivity contribution < 1.29 is 14.4 Å². The predicted octanol–water partition coefficient (Wildman–Crippen LogP) is 2.01. The minimum absolute atomic E-state index is 0.316. The van der Waals surface area contributed by atoms with Crippen molar-refractivity contribution >= 4 is 39.5 Å². The van der Waals surface area contributed by atoms with Gasteiger partial charge in [-0.15, -0.1) is 0 Å². The number of carbonyl (C=O) groups excluding carboxylic acids is 3. The van der Waals surface area contributed by atoms with Gasteiger partial charge in [-0.2, -0.15) is 0 Å². The van der Waals surface area contributed by atoms with Crippen molar-refractivity contribution in [2.75, 3.05) is 5.32 Å². The first-order valence-electron chi connectivity index (χ1n) is 6.48. The van der Waals surface area contributed by atoms with Gasteiger partial charge in [0.25, 0.3) is 11.8 Å². The van der Waals surface area contributed by atoms with Gasteiger partial charge in [0.15, 0.2) is 0 Å². The molecule has 0 fully saturated rings. The Hall–Kier alpha value is -2.87. The van der Waals surface area contributed by atoms with E-state index >= 15 is 0 Å². The van der Waals surface area contributed by atoms with Crippen LogP contribution in [0.4, 0.5) is 10.5 Å². The second-order valence-corrected chi connectivity index (χ2v) is 5.40. The molecule has 0 saturated heterocycles. The molecule has 0 radical (unpaired) electrons. The highest BCUT2D eigenvalue weighted by Gasteiger charge is 2.09. The Morgan fingerprint density at radius 1 is 0.783 bits per heavy atom. The maximum absolute atomic E-state index is 11.9. The van der Waals surface area contributed by atoms with Crippen LogP contribution in [0.3, 0.4) is 0 Å². The van der Waals surface area contributed by atoms with Crippen molar-refractivity contribution in [3.8, 4) is 0 Å². The number of halogens is 1. The number of rotatable bonds is 3. The molecule has 0 aromatic heterocycles. The summed E-state index contributed by atoms with van der Waals surface area (Å²) < 4.78 is 0.850. The summed E-state index contributed by atoms with van der Waals surface area (Å²) in [6.45, 7) is 0. The molecule has 7 nitrogen and oxygen atoms in total. The zero-order valence-electron chi connectivity index (χ0n) is 11.8. The molecule has 118 valence electrons. The summed E-state index contributed by atoms with van der Waals surface area (Å²) in [5.74, 6) is -0.918. The molecule has 0 saturated carbocycles. The SMILES string of the molecule is NC(=O)Nc1ccc(C(=O)NNC(=O)c2ccc(Br)cc2)cc1. The molecule has 0 heterocycles. The quantitative estimate of drug-likeness (QED) is 0.614. The molecule has 0 bridgehead atoms. The van der Waals surface area contributed by atoms with Gasteiger partial charge in [0.1, 0.15) is 0 Å². The van der Waals surface area contributed by atoms with Gasteiger partial charge < -0.3 is 11.1 Å². The molecule has 0 unspecified atom stereocenters. The highest BCUT2D eigenvalue weighted by atomic mass is 79.9. The summed E-state index contributed by atoms with van der Waals surface area (Å²) in [7, 11) is 0. The minimum Gasteiger partial charge on any atom is -0.351 e. The zero-order valence-corrected chi connectivity index (χ0v) is 13.4. The van der Waals surface area contributed by atoms with Gasteiger partial charge in [-0.1, -0.05) is 15.9 Å². The summed E-state index contributed by atoms with van der Waals surface area (Å²) in [6.07, 6.45) is 0. The topological polar surface area (TPSA) is 113 Å². The Kier molecular flexibility index (Phi) is 5.32. The monoisotopic (exact) mass is 376 g/mol. The number of nitrogens with one attached hydrogen (secondary N) is 3. The predicted molar refractivity (Wildman–Crippen MR) is 88.7 cm³/mol. The summed E-state index contributed by atoms with van der Waals surface area (Å²) in [4.78, 5) is 34.5. The van der Waals surface area contributed by atoms with Gasteiger partial charge in [0, 0.05) is 21.3 Å². The van der Waals surface area contributed by atoms with Crippen LogP contribution in [0.1, 0.15) is 20.7 Å². The Bertz CT molecular complexity index is 729. The van der Waals surface area contributed by atoms with Crippen LogP contribution >= 0.6 is 15.9 Å². The molecule has 0 aliphatic carbocycles. The largest absolute Gasteiger partial charge is 0.351 e. The first-order valence-corrected chi connectivity index (χ1v) is 7.28. The number of carbonyl (C=O) groups is 3. The molecule has 2 aromatic rings. The maximum Gasteiger partial charge on any atom is 0.316 e. The number of anilines is 1. The third-order valence-corrected chi connectivity index (χ3v) is 3.34. The van der Waals surface area contributed by atoms with Crippen molar-refractivity contribution in [3.63, 3.8) is 0 Å². The Morgan fingerprint density at radius 3 is 1.65 bits per heavy atom. The Morgan fingerprint density at radius 2 is 1.22 bits per heavy atom. The van der Waals surface area contributed by atoms with Gasteiger partial charge in [0.05, 0.1) is 0 Å². The van der Waals surface area contributed by atoms with Crippen LogP contribution in [-0.2, 0) is 0 Å². The normalized spacial score (nSPS) is 9.78. The first kappa shape index (κ1) is 16.5. The fourth-order valence-electron chi connectivity index (χ4n) is 1.71. The van der Waals surface area contributed by atoms with E-state index in [-0.39, 0.29) is 0 Å². The van der Waals surface area contributed by atoms with Gasteiger partial charge >= 0.3 is 6.03 Å². The molecule has 23 heavy (non-hydrogen) atoms. The Labute approximate surface area is 140 Å². The van der Waals surface area contributed by atoms with Crippen LogP contribution in [0.2, 0.25) is 0 Å². The van der Waals surface area contributed by atoms with Crippen LogP contribution in [0, 0.1) is 0 Å². The van der Waals surface area contributed by atoms with Crippen molar-refractivity contribution in [2.45, 2.75) is 0 Å². The van der Waals surface area contributed by atoms with E-state index in [0.717, 1.165) is 4.47 Å². The van der Waals surface area contributed by atoms with Gasteiger partial charge in [-0.3, -0.25) is 20.4 Å². The number of urea groups is 1. The van der Waals surface area contributed by atoms with Crippen molar-refractivity contribution in [2.24, 2.45) is 5.73 Å². The van der Waals surface area contributed by atoms with Crippen molar-refractivity contribution in [1.82, 2.24) is 10.9 Å². The summed E-state index contributed by atoms with van der Waals surface area (Å²) >= 11 is 3.27. The summed E-state index contributed by atoms with van der Waals surface area (Å²) in [6, 6.07) is 12.0. The van der Waals surface area contributed by atoms with E-state index < -0.39 is 17.8 Å². The van der Waals surface area contributed by atoms with Gasteiger partial charge in [-0.05, 0) is 48.5 Å². The first-order chi connectivity index (χ1) is 11.0. The number of primary amides is 1. The molecule has 0 aliphatic heterocycles. The molecule has 5 N–H and O–H groups in total. The minimum atomic E-state index is -0.691. The number of benzene rings is 2. The van der Waals surface area contributed by atoms with Crippen LogP contribution in [0.25, 0.3) is 0 Å². The number of hydrogen-bond acceptors (Lipinski definition) is 3. The fraction of sp³-hybridized carbons (Fsp3) is 0. The lowest BCUT2D eigenvalue weighted by Crippen LogP contribution is -2.41. The standard InChI is InChI=1S/C15H13BrN4O3/c16-11-5-1-9(2-6-11)13(21)19-20-14(22)10-3-7-12(8-4-10)18-15(17)23/h1-8H,(H,19,21)(H,20,22)(H3,17,18,23). The van der Waals surface area contributed by atoms with Crippen LogP contribution in [-0.4, -0.2) is 17.8 Å². The number of amides is 4. The second-order valence-electron chi connectivity index (χ2n) is 4.48. The third kappa shape index (κ3) is 4.82. The van der Waals surface area contributed by atoms with Crippen molar-refractivity contribution in [3.05, 3.63) is 64.1 Å². The van der Waals surface area contributed by atoms with E-state index in [4.69, 9.17) is 5.73 Å². The van der Waals surface area contributed by atoms with E-state index in [1.54, 1.807) is 24.3 Å². The van der Waals surface area contributed by atoms with Crippen LogP contribution < -0.4 is 21.9 Å². The molecule has 2 rings (SSSR count). The van der Waals surface area contributed by atoms with Crippen LogP contribution in [0.15, 0.2) is 53.0 Å². The number of hydrogen-bond donors (Lipinski definition) is 4. The average Bonchev–Trinajstić information content (AvgIpc) is 2.53. The van der Waals surface area contributed by atoms with Crippen LogP contribution in [0.5, 0.6) is 0 Å². The molecule has 0 aliphatic rings. The highest BCUT2D eigenvalue weighted by molar-refractivity contribution is 9.10. The molecule has 0 atom stereocenters. The number of nitrogens with two attached hydrogens (primary N) is 1. The lowest BCUT2D eigenvalue weighted by Gasteiger charge is -2.08. The summed E-state index contributed by atoms with van der Waals surface area (Å²) in [5.41, 5.74) is 10.8. The molecule has 0 spiro atoms. The molecule has 2 aromatic carbocycles. The molecule has 8 heteroatoms. The molecular weight excluding hydrogens is 364 g/mol. The average molecular weight is 377 g/mol. The van der Waals surface area contributed by atoms with Gasteiger partial charge in [-0.25, -0.2) is 4.79 Å². The summed E-state index contributed by atoms with van der Waals surface area (Å²) in [5, 5.41) is 2.38. The molecule has 4 amide bonds. The van der Waals surface area contributed by atoms with E-state index in [0.29, 0.717) is 16.8 Å². The number of hydrazine groups is 1. The van der Waals surface area contributed by atoms with Crippen molar-refractivity contribution in [1.29, 1.82) is 0 Å². The lowest BCUT2D eigenvalue weighted by molar-refractivity contribution is 0.0846. The highest BCUT2D eigenvalue weighted by Crippen LogP contribution is 2.11. The fourth-order valence-corrected chi connectivity index (χ4v) is 1.97. The molecular formula is C15H13BrN4O3. The van der Waals surface area contributed by atoms with E-state index in [9.17, 15) is 14.4 Å². The smallest absolute Gasteiger partial charge is 0.316 e.